The van der Waals surface area contributed by atoms with Crippen LogP contribution in [0.4, 0.5) is 0 Å². The average molecular weight is 407 g/mol. The third-order valence-corrected chi connectivity index (χ3v) is 5.48. The van der Waals surface area contributed by atoms with Gasteiger partial charge in [0.05, 0.1) is 25.5 Å². The number of carbonyl (C=O) groups excluding carboxylic acids is 2. The zero-order chi connectivity index (χ0) is 21.8. The number of hydrogen-bond donors (Lipinski definition) is 1. The van der Waals surface area contributed by atoms with Crippen LogP contribution in [-0.4, -0.2) is 36.7 Å². The first-order valence-electron chi connectivity index (χ1n) is 10.3. The zero-order valence-electron chi connectivity index (χ0n) is 17.8. The maximum atomic E-state index is 11.5. The lowest BCUT2D eigenvalue weighted by atomic mass is 9.68. The quantitative estimate of drug-likeness (QED) is 0.473. The number of rotatable bonds is 8. The summed E-state index contributed by atoms with van der Waals surface area (Å²) in [5.74, 6) is 0.162. The normalized spacial score (nSPS) is 23.8. The van der Waals surface area contributed by atoms with E-state index in [1.165, 1.54) is 38.4 Å². The van der Waals surface area contributed by atoms with E-state index in [9.17, 15) is 14.4 Å². The molecule has 2 aliphatic rings. The molecule has 0 amide bonds. The number of unbranched alkanes of at least 4 members (excludes halogenated alkanes) is 1. The Morgan fingerprint density at radius 3 is 2.66 bits per heavy atom. The third kappa shape index (κ3) is 8.67. The smallest absolute Gasteiger partial charge is 0.338 e. The van der Waals surface area contributed by atoms with Crippen molar-refractivity contribution >= 4 is 17.9 Å². The van der Waals surface area contributed by atoms with Crippen LogP contribution in [-0.2, 0) is 23.9 Å². The van der Waals surface area contributed by atoms with Crippen LogP contribution in [0.5, 0.6) is 0 Å². The summed E-state index contributed by atoms with van der Waals surface area (Å²) in [5, 5.41) is 8.05. The maximum absolute atomic E-state index is 11.5. The van der Waals surface area contributed by atoms with Crippen LogP contribution in [0.15, 0.2) is 36.0 Å². The van der Waals surface area contributed by atoms with E-state index in [1.54, 1.807) is 0 Å². The van der Waals surface area contributed by atoms with Gasteiger partial charge in [0.25, 0.3) is 0 Å². The van der Waals surface area contributed by atoms with Crippen molar-refractivity contribution in [2.75, 3.05) is 13.7 Å². The Kier molecular flexibility index (Phi) is 11.0. The number of carbonyl (C=O) groups is 3. The standard InChI is InChI=1S/C18H26O2.C5H8O4/c1-4-5-6-16-13(2)7-8-14(3)17(16)10-9-15-11-12-20-18(15)19;1-9-5(8)3-2-4(6)7/h9-11,13,16-17H,3-8,12H2,1-2H3;2-3H2,1H3,(H,6,7)/b10-9+;. The van der Waals surface area contributed by atoms with Crippen LogP contribution in [0, 0.1) is 17.8 Å². The number of ether oxygens (including phenoxy) is 2. The molecule has 1 N–H and O–H groups in total. The number of allylic oxidation sites excluding steroid dienone is 2. The Morgan fingerprint density at radius 1 is 1.38 bits per heavy atom. The Morgan fingerprint density at radius 2 is 2.10 bits per heavy atom. The molecule has 0 radical (unpaired) electrons. The summed E-state index contributed by atoms with van der Waals surface area (Å²) in [6, 6.07) is 0. The van der Waals surface area contributed by atoms with Crippen LogP contribution in [0.25, 0.3) is 0 Å². The highest BCUT2D eigenvalue weighted by atomic mass is 16.5. The first-order chi connectivity index (χ1) is 13.8. The summed E-state index contributed by atoms with van der Waals surface area (Å²) in [6.45, 7) is 9.28. The van der Waals surface area contributed by atoms with Gasteiger partial charge in [-0.15, -0.1) is 0 Å². The van der Waals surface area contributed by atoms with Gasteiger partial charge in [-0.1, -0.05) is 51.0 Å². The van der Waals surface area contributed by atoms with Gasteiger partial charge in [0, 0.05) is 5.92 Å². The number of aliphatic carboxylic acids is 1. The fourth-order valence-corrected chi connectivity index (χ4v) is 3.66. The second kappa shape index (κ2) is 13.0. The maximum Gasteiger partial charge on any atom is 0.338 e. The Labute approximate surface area is 173 Å². The summed E-state index contributed by atoms with van der Waals surface area (Å²) in [4.78, 5) is 31.5. The topological polar surface area (TPSA) is 89.9 Å². The minimum Gasteiger partial charge on any atom is -0.481 e. The molecule has 0 bridgehead atoms. The van der Waals surface area contributed by atoms with Crippen molar-refractivity contribution in [2.45, 2.75) is 58.8 Å². The van der Waals surface area contributed by atoms with Crippen molar-refractivity contribution in [3.63, 3.8) is 0 Å². The molecule has 1 heterocycles. The van der Waals surface area contributed by atoms with Crippen molar-refractivity contribution < 1.29 is 29.0 Å². The average Bonchev–Trinajstić information content (AvgIpc) is 3.11. The number of carboxylic acid groups (broad SMARTS) is 1. The fourth-order valence-electron chi connectivity index (χ4n) is 3.66. The summed E-state index contributed by atoms with van der Waals surface area (Å²) < 4.78 is 9.14. The first-order valence-corrected chi connectivity index (χ1v) is 10.3. The molecule has 0 aromatic carbocycles. The molecule has 1 aliphatic heterocycles. The van der Waals surface area contributed by atoms with E-state index < -0.39 is 11.9 Å². The van der Waals surface area contributed by atoms with Gasteiger partial charge in [0.1, 0.15) is 6.61 Å². The van der Waals surface area contributed by atoms with Crippen molar-refractivity contribution in [2.24, 2.45) is 17.8 Å². The molecule has 3 unspecified atom stereocenters. The second-order valence-corrected chi connectivity index (χ2v) is 7.59. The van der Waals surface area contributed by atoms with Gasteiger partial charge in [0.2, 0.25) is 0 Å². The molecule has 1 saturated carbocycles. The van der Waals surface area contributed by atoms with E-state index in [4.69, 9.17) is 9.84 Å². The number of cyclic esters (lactones) is 1. The molecule has 3 atom stereocenters. The van der Waals surface area contributed by atoms with E-state index >= 15 is 0 Å². The number of hydrogen-bond acceptors (Lipinski definition) is 5. The predicted octanol–water partition coefficient (Wildman–Crippen LogP) is 4.46. The van der Waals surface area contributed by atoms with Crippen LogP contribution < -0.4 is 0 Å². The molecule has 1 fully saturated rings. The summed E-state index contributed by atoms with van der Waals surface area (Å²) in [7, 11) is 1.23. The van der Waals surface area contributed by atoms with Gasteiger partial charge in [-0.3, -0.25) is 9.59 Å². The molecule has 6 heteroatoms. The largest absolute Gasteiger partial charge is 0.481 e. The van der Waals surface area contributed by atoms with Crippen molar-refractivity contribution in [1.82, 2.24) is 0 Å². The monoisotopic (exact) mass is 406 g/mol. The highest BCUT2D eigenvalue weighted by Gasteiger charge is 2.31. The SMILES string of the molecule is C=C1CCC(C)C(CCCC)C1/C=C/C1=CCOC1=O.COC(=O)CCC(=O)O. The molecule has 162 valence electrons. The van der Waals surface area contributed by atoms with Crippen molar-refractivity contribution in [3.05, 3.63) is 36.0 Å². The van der Waals surface area contributed by atoms with Gasteiger partial charge in [-0.05, 0) is 37.2 Å². The van der Waals surface area contributed by atoms with E-state index in [0.29, 0.717) is 24.0 Å². The van der Waals surface area contributed by atoms with E-state index in [1.807, 2.05) is 12.2 Å². The van der Waals surface area contributed by atoms with Crippen molar-refractivity contribution in [1.29, 1.82) is 0 Å². The molecule has 0 saturated heterocycles. The molecule has 2 rings (SSSR count). The number of carboxylic acids is 1. The molecular weight excluding hydrogens is 372 g/mol. The van der Waals surface area contributed by atoms with Gasteiger partial charge >= 0.3 is 17.9 Å². The lowest BCUT2D eigenvalue weighted by Gasteiger charge is -2.37. The van der Waals surface area contributed by atoms with Gasteiger partial charge in [-0.2, -0.15) is 0 Å². The van der Waals surface area contributed by atoms with E-state index in [2.05, 4.69) is 31.2 Å². The Balaban J connectivity index is 0.000000396. The van der Waals surface area contributed by atoms with Gasteiger partial charge in [-0.25, -0.2) is 4.79 Å². The predicted molar refractivity (Wildman–Crippen MR) is 111 cm³/mol. The minimum absolute atomic E-state index is 0.0498. The Hall–Kier alpha value is -2.37. The van der Waals surface area contributed by atoms with E-state index in [0.717, 1.165) is 12.3 Å². The summed E-state index contributed by atoms with van der Waals surface area (Å²) >= 11 is 0. The number of methoxy groups -OCH3 is 1. The van der Waals surface area contributed by atoms with Gasteiger partial charge < -0.3 is 14.6 Å². The molecule has 0 spiro atoms. The summed E-state index contributed by atoms with van der Waals surface area (Å²) in [6.07, 6.45) is 11.9. The lowest BCUT2D eigenvalue weighted by Crippen LogP contribution is -2.27. The van der Waals surface area contributed by atoms with E-state index in [-0.39, 0.29) is 18.8 Å². The highest BCUT2D eigenvalue weighted by molar-refractivity contribution is 5.93. The molecule has 0 aromatic rings. The van der Waals surface area contributed by atoms with Crippen LogP contribution in [0.2, 0.25) is 0 Å². The van der Waals surface area contributed by atoms with Crippen LogP contribution in [0.1, 0.15) is 58.8 Å². The highest BCUT2D eigenvalue weighted by Crippen LogP contribution is 2.41. The molecule has 6 nitrogen and oxygen atoms in total. The van der Waals surface area contributed by atoms with Gasteiger partial charge in [0.15, 0.2) is 0 Å². The molecule has 29 heavy (non-hydrogen) atoms. The zero-order valence-corrected chi connectivity index (χ0v) is 17.8. The minimum atomic E-state index is -0.986. The number of esters is 2. The summed E-state index contributed by atoms with van der Waals surface area (Å²) in [5.41, 5.74) is 2.03. The van der Waals surface area contributed by atoms with Crippen LogP contribution in [0.3, 0.4) is 0 Å². The lowest BCUT2D eigenvalue weighted by molar-refractivity contribution is -0.145. The van der Waals surface area contributed by atoms with Crippen molar-refractivity contribution in [3.8, 4) is 0 Å². The molecule has 0 aromatic heterocycles. The fraction of sp³-hybridized carbons (Fsp3) is 0.609. The molecule has 1 aliphatic carbocycles. The van der Waals surface area contributed by atoms with Crippen LogP contribution >= 0.6 is 0 Å². The Bertz CT molecular complexity index is 646. The molecular formula is C23H34O6. The second-order valence-electron chi connectivity index (χ2n) is 7.59. The third-order valence-electron chi connectivity index (χ3n) is 5.48. The first kappa shape index (κ1) is 24.7.